The summed E-state index contributed by atoms with van der Waals surface area (Å²) >= 11 is 0. The fourth-order valence-electron chi connectivity index (χ4n) is 1.28. The Morgan fingerprint density at radius 3 is 2.56 bits per heavy atom. The number of hydrogen-bond acceptors (Lipinski definition) is 4. The molecular weight excluding hydrogens is 214 g/mol. The molecule has 0 aromatic rings. The summed E-state index contributed by atoms with van der Waals surface area (Å²) in [4.78, 5) is 23.6. The molecule has 0 aliphatic carbocycles. The van der Waals surface area contributed by atoms with Gasteiger partial charge in [-0.25, -0.2) is 4.79 Å². The molecule has 1 saturated heterocycles. The number of nitrogens with zero attached hydrogens (tertiary/aromatic N) is 1. The number of ether oxygens (including phenoxy) is 2. The topological polar surface area (TPSA) is 76.1 Å². The van der Waals surface area contributed by atoms with Crippen molar-refractivity contribution in [1.29, 1.82) is 0 Å². The summed E-state index contributed by atoms with van der Waals surface area (Å²) in [6.45, 7) is 5.61. The van der Waals surface area contributed by atoms with Gasteiger partial charge in [-0.3, -0.25) is 9.69 Å². The predicted octanol–water partition coefficient (Wildman–Crippen LogP) is 0.912. The van der Waals surface area contributed by atoms with E-state index in [4.69, 9.17) is 14.6 Å². The summed E-state index contributed by atoms with van der Waals surface area (Å²) in [7, 11) is 0. The lowest BCUT2D eigenvalue weighted by atomic mass is 10.1. The van der Waals surface area contributed by atoms with Crippen molar-refractivity contribution >= 4 is 12.1 Å². The van der Waals surface area contributed by atoms with Crippen molar-refractivity contribution in [2.75, 3.05) is 19.9 Å². The highest BCUT2D eigenvalue weighted by molar-refractivity contribution is 5.73. The van der Waals surface area contributed by atoms with Gasteiger partial charge in [0, 0.05) is 6.54 Å². The van der Waals surface area contributed by atoms with Crippen LogP contribution in [0.15, 0.2) is 0 Å². The molecule has 1 rings (SSSR count). The zero-order valence-electron chi connectivity index (χ0n) is 9.73. The minimum Gasteiger partial charge on any atom is -0.481 e. The molecule has 1 atom stereocenters. The smallest absolute Gasteiger partial charge is 0.412 e. The normalized spacial score (nSPS) is 21.7. The van der Waals surface area contributed by atoms with E-state index in [1.165, 1.54) is 4.90 Å². The molecule has 6 heteroatoms. The molecule has 0 radical (unpaired) electrons. The number of aliphatic carboxylic acids is 1. The summed E-state index contributed by atoms with van der Waals surface area (Å²) in [6, 6.07) is 0. The van der Waals surface area contributed by atoms with E-state index in [2.05, 4.69) is 0 Å². The SMILES string of the molecule is CC(C)(C)OC(=O)N1COCC(C(=O)O)C1. The maximum Gasteiger partial charge on any atom is 0.412 e. The first-order valence-electron chi connectivity index (χ1n) is 5.08. The number of carbonyl (C=O) groups excluding carboxylic acids is 1. The molecule has 0 aromatic carbocycles. The summed E-state index contributed by atoms with van der Waals surface area (Å²) in [5, 5.41) is 8.81. The van der Waals surface area contributed by atoms with Gasteiger partial charge in [-0.2, -0.15) is 0 Å². The van der Waals surface area contributed by atoms with Gasteiger partial charge in [0.15, 0.2) is 0 Å². The molecule has 1 N–H and O–H groups in total. The van der Waals surface area contributed by atoms with Gasteiger partial charge in [0.1, 0.15) is 12.3 Å². The van der Waals surface area contributed by atoms with E-state index in [0.29, 0.717) is 0 Å². The summed E-state index contributed by atoms with van der Waals surface area (Å²) in [6.07, 6.45) is -0.543. The van der Waals surface area contributed by atoms with Gasteiger partial charge in [0.05, 0.1) is 12.5 Å². The molecule has 1 aliphatic heterocycles. The summed E-state index contributed by atoms with van der Waals surface area (Å²) < 4.78 is 10.2. The molecule has 1 unspecified atom stereocenters. The Morgan fingerprint density at radius 1 is 1.44 bits per heavy atom. The zero-order valence-corrected chi connectivity index (χ0v) is 9.73. The Hall–Kier alpha value is -1.30. The number of hydrogen-bond donors (Lipinski definition) is 1. The van der Waals surface area contributed by atoms with E-state index >= 15 is 0 Å². The second kappa shape index (κ2) is 4.69. The van der Waals surface area contributed by atoms with Crippen molar-refractivity contribution in [3.8, 4) is 0 Å². The molecule has 0 bridgehead atoms. The van der Waals surface area contributed by atoms with Crippen LogP contribution in [-0.2, 0) is 14.3 Å². The third kappa shape index (κ3) is 3.69. The average molecular weight is 231 g/mol. The Balaban J connectivity index is 2.54. The Labute approximate surface area is 94.1 Å². The second-order valence-corrected chi connectivity index (χ2v) is 4.74. The molecule has 0 saturated carbocycles. The van der Waals surface area contributed by atoms with Gasteiger partial charge in [0.2, 0.25) is 0 Å². The second-order valence-electron chi connectivity index (χ2n) is 4.74. The molecule has 1 amide bonds. The first-order chi connectivity index (χ1) is 7.29. The quantitative estimate of drug-likeness (QED) is 0.726. The van der Waals surface area contributed by atoms with Crippen LogP contribution in [-0.4, -0.2) is 47.6 Å². The zero-order chi connectivity index (χ0) is 12.3. The molecule has 16 heavy (non-hydrogen) atoms. The van der Waals surface area contributed by atoms with Gasteiger partial charge >= 0.3 is 12.1 Å². The Morgan fingerprint density at radius 2 is 2.06 bits per heavy atom. The van der Waals surface area contributed by atoms with E-state index in [0.717, 1.165) is 0 Å². The number of rotatable bonds is 1. The van der Waals surface area contributed by atoms with E-state index in [-0.39, 0.29) is 19.9 Å². The fraction of sp³-hybridized carbons (Fsp3) is 0.800. The molecule has 0 aromatic heterocycles. The van der Waals surface area contributed by atoms with Crippen LogP contribution in [0.4, 0.5) is 4.79 Å². The highest BCUT2D eigenvalue weighted by Gasteiger charge is 2.31. The minimum absolute atomic E-state index is 0.0820. The van der Waals surface area contributed by atoms with Gasteiger partial charge < -0.3 is 14.6 Å². The van der Waals surface area contributed by atoms with Gasteiger partial charge in [0.25, 0.3) is 0 Å². The molecule has 0 spiro atoms. The van der Waals surface area contributed by atoms with Crippen molar-refractivity contribution in [2.24, 2.45) is 5.92 Å². The number of carbonyl (C=O) groups is 2. The van der Waals surface area contributed by atoms with E-state index in [1.54, 1.807) is 20.8 Å². The summed E-state index contributed by atoms with van der Waals surface area (Å²) in [5.74, 6) is -1.64. The molecule has 1 heterocycles. The highest BCUT2D eigenvalue weighted by atomic mass is 16.6. The van der Waals surface area contributed by atoms with Crippen LogP contribution in [0.3, 0.4) is 0 Å². The Kier molecular flexibility index (Phi) is 3.74. The van der Waals surface area contributed by atoms with Crippen LogP contribution >= 0.6 is 0 Å². The van der Waals surface area contributed by atoms with Crippen LogP contribution in [0.1, 0.15) is 20.8 Å². The first-order valence-corrected chi connectivity index (χ1v) is 5.08. The number of carboxylic acids is 1. The van der Waals surface area contributed by atoms with E-state index in [9.17, 15) is 9.59 Å². The van der Waals surface area contributed by atoms with Crippen molar-refractivity contribution in [1.82, 2.24) is 4.90 Å². The lowest BCUT2D eigenvalue weighted by Gasteiger charge is -2.32. The molecule has 6 nitrogen and oxygen atoms in total. The predicted molar refractivity (Wildman–Crippen MR) is 54.9 cm³/mol. The first kappa shape index (κ1) is 12.8. The monoisotopic (exact) mass is 231 g/mol. The fourth-order valence-corrected chi connectivity index (χ4v) is 1.28. The average Bonchev–Trinajstić information content (AvgIpc) is 2.15. The van der Waals surface area contributed by atoms with Crippen molar-refractivity contribution in [2.45, 2.75) is 26.4 Å². The van der Waals surface area contributed by atoms with Crippen LogP contribution < -0.4 is 0 Å². The van der Waals surface area contributed by atoms with E-state index in [1.807, 2.05) is 0 Å². The summed E-state index contributed by atoms with van der Waals surface area (Å²) in [5.41, 5.74) is -0.590. The van der Waals surface area contributed by atoms with Gasteiger partial charge in [-0.1, -0.05) is 0 Å². The van der Waals surface area contributed by atoms with Crippen LogP contribution in [0.5, 0.6) is 0 Å². The third-order valence-electron chi connectivity index (χ3n) is 2.01. The maximum absolute atomic E-state index is 11.6. The van der Waals surface area contributed by atoms with Gasteiger partial charge in [-0.15, -0.1) is 0 Å². The van der Waals surface area contributed by atoms with Crippen molar-refractivity contribution in [3.63, 3.8) is 0 Å². The molecule has 1 aliphatic rings. The van der Waals surface area contributed by atoms with Crippen LogP contribution in [0, 0.1) is 5.92 Å². The van der Waals surface area contributed by atoms with Crippen molar-refractivity contribution in [3.05, 3.63) is 0 Å². The lowest BCUT2D eigenvalue weighted by molar-refractivity contribution is -0.149. The van der Waals surface area contributed by atoms with Crippen molar-refractivity contribution < 1.29 is 24.2 Å². The van der Waals surface area contributed by atoms with Crippen LogP contribution in [0.2, 0.25) is 0 Å². The number of carboxylic acid groups (broad SMARTS) is 1. The molecule has 1 fully saturated rings. The largest absolute Gasteiger partial charge is 0.481 e. The molecular formula is C10H17NO5. The number of amides is 1. The van der Waals surface area contributed by atoms with Gasteiger partial charge in [-0.05, 0) is 20.8 Å². The highest BCUT2D eigenvalue weighted by Crippen LogP contribution is 2.14. The Bertz CT molecular complexity index is 283. The third-order valence-corrected chi connectivity index (χ3v) is 2.01. The lowest BCUT2D eigenvalue weighted by Crippen LogP contribution is -2.47. The maximum atomic E-state index is 11.6. The standard InChI is InChI=1S/C10H17NO5/c1-10(2,3)16-9(14)11-4-7(8(12)13)5-15-6-11/h7H,4-6H2,1-3H3,(H,12,13). The minimum atomic E-state index is -0.965. The van der Waals surface area contributed by atoms with Crippen LogP contribution in [0.25, 0.3) is 0 Å². The van der Waals surface area contributed by atoms with E-state index < -0.39 is 23.6 Å². The molecule has 92 valence electrons.